The van der Waals surface area contributed by atoms with E-state index in [9.17, 15) is 4.79 Å². The normalized spacial score (nSPS) is 18.3. The van der Waals surface area contributed by atoms with Gasteiger partial charge < -0.3 is 9.64 Å². The van der Waals surface area contributed by atoms with Crippen LogP contribution in [0, 0.1) is 6.92 Å². The van der Waals surface area contributed by atoms with E-state index in [1.807, 2.05) is 44.2 Å². The first-order valence-corrected chi connectivity index (χ1v) is 8.41. The summed E-state index contributed by atoms with van der Waals surface area (Å²) in [5.41, 5.74) is 1.68. The Labute approximate surface area is 146 Å². The van der Waals surface area contributed by atoms with Crippen LogP contribution in [0.15, 0.2) is 30.3 Å². The van der Waals surface area contributed by atoms with Gasteiger partial charge in [-0.15, -0.1) is 5.10 Å². The molecule has 1 aliphatic rings. The molecule has 1 saturated heterocycles. The van der Waals surface area contributed by atoms with Crippen LogP contribution in [0.3, 0.4) is 0 Å². The fourth-order valence-electron chi connectivity index (χ4n) is 2.77. The second kappa shape index (κ2) is 7.23. The highest BCUT2D eigenvalue weighted by Gasteiger charge is 2.21. The Balaban J connectivity index is 1.75. The summed E-state index contributed by atoms with van der Waals surface area (Å²) in [6.07, 6.45) is 0.880. The minimum atomic E-state index is -0.156. The van der Waals surface area contributed by atoms with Crippen LogP contribution < -0.4 is 5.32 Å². The third-order valence-corrected chi connectivity index (χ3v) is 4.26. The molecular formula is C17H21ClN4O2. The predicted octanol–water partition coefficient (Wildman–Crippen LogP) is 3.48. The summed E-state index contributed by atoms with van der Waals surface area (Å²) < 4.78 is 7.30. The summed E-state index contributed by atoms with van der Waals surface area (Å²) in [6.45, 7) is 5.84. The number of nitrogens with zero attached hydrogens (tertiary/aromatic N) is 3. The fraction of sp³-hybridized carbons (Fsp3) is 0.412. The minimum Gasteiger partial charge on any atom is -0.377 e. The van der Waals surface area contributed by atoms with Gasteiger partial charge in [0.2, 0.25) is 0 Å². The molecule has 1 N–H and O–H groups in total. The molecule has 0 spiro atoms. The summed E-state index contributed by atoms with van der Waals surface area (Å²) in [7, 11) is 0. The van der Waals surface area contributed by atoms with E-state index in [1.165, 1.54) is 0 Å². The standard InChI is InChI=1S/C17H21ClN4O2/c1-12-10-16(20-22(12)15-7-4-3-6-14(15)18)19-17(23)21-8-5-9-24-13(2)11-21/h3-4,6-7,10,13H,5,8-9,11H2,1-2H3,(H,19,20,23)/t13-/m0/s1. The number of carbonyl (C=O) groups is 1. The van der Waals surface area contributed by atoms with Crippen LogP contribution in [-0.2, 0) is 4.74 Å². The minimum absolute atomic E-state index is 0.0423. The molecule has 0 saturated carbocycles. The predicted molar refractivity (Wildman–Crippen MR) is 93.9 cm³/mol. The Morgan fingerprint density at radius 3 is 3.00 bits per heavy atom. The Morgan fingerprint density at radius 2 is 2.21 bits per heavy atom. The Hall–Kier alpha value is -2.05. The first-order valence-electron chi connectivity index (χ1n) is 8.03. The van der Waals surface area contributed by atoms with E-state index in [1.54, 1.807) is 9.58 Å². The van der Waals surface area contributed by atoms with Crippen LogP contribution in [0.5, 0.6) is 0 Å². The molecule has 0 radical (unpaired) electrons. The summed E-state index contributed by atoms with van der Waals surface area (Å²) in [6, 6.07) is 9.15. The zero-order valence-electron chi connectivity index (χ0n) is 13.8. The summed E-state index contributed by atoms with van der Waals surface area (Å²) >= 11 is 6.23. The molecular weight excluding hydrogens is 328 g/mol. The number of aromatic nitrogens is 2. The smallest absolute Gasteiger partial charge is 0.323 e. The van der Waals surface area contributed by atoms with Crippen molar-refractivity contribution < 1.29 is 9.53 Å². The number of benzene rings is 1. The number of rotatable bonds is 2. The van der Waals surface area contributed by atoms with Gasteiger partial charge in [0.1, 0.15) is 0 Å². The highest BCUT2D eigenvalue weighted by Crippen LogP contribution is 2.22. The van der Waals surface area contributed by atoms with Crippen molar-refractivity contribution in [3.05, 3.63) is 41.0 Å². The van der Waals surface area contributed by atoms with Gasteiger partial charge in [0.25, 0.3) is 0 Å². The number of hydrogen-bond acceptors (Lipinski definition) is 3. The molecule has 0 aliphatic carbocycles. The van der Waals surface area contributed by atoms with Crippen molar-refractivity contribution >= 4 is 23.4 Å². The highest BCUT2D eigenvalue weighted by molar-refractivity contribution is 6.32. The van der Waals surface area contributed by atoms with Gasteiger partial charge in [0, 0.05) is 31.5 Å². The fourth-order valence-corrected chi connectivity index (χ4v) is 2.99. The van der Waals surface area contributed by atoms with Crippen molar-refractivity contribution in [2.24, 2.45) is 0 Å². The first-order chi connectivity index (χ1) is 11.5. The molecule has 128 valence electrons. The molecule has 2 heterocycles. The molecule has 1 atom stereocenters. The van der Waals surface area contributed by atoms with E-state index >= 15 is 0 Å². The van der Waals surface area contributed by atoms with Crippen molar-refractivity contribution in [2.45, 2.75) is 26.4 Å². The number of nitrogens with one attached hydrogen (secondary N) is 1. The molecule has 1 aromatic carbocycles. The summed E-state index contributed by atoms with van der Waals surface area (Å²) in [5.74, 6) is 0.509. The van der Waals surface area contributed by atoms with Crippen LogP contribution in [0.1, 0.15) is 19.0 Å². The van der Waals surface area contributed by atoms with Crippen molar-refractivity contribution in [1.29, 1.82) is 0 Å². The summed E-state index contributed by atoms with van der Waals surface area (Å²) in [4.78, 5) is 14.2. The molecule has 7 heteroatoms. The number of urea groups is 1. The number of halogens is 1. The molecule has 3 rings (SSSR count). The van der Waals surface area contributed by atoms with Crippen molar-refractivity contribution in [1.82, 2.24) is 14.7 Å². The van der Waals surface area contributed by atoms with Crippen LogP contribution in [0.2, 0.25) is 5.02 Å². The van der Waals surface area contributed by atoms with Gasteiger partial charge in [-0.05, 0) is 32.4 Å². The molecule has 1 aliphatic heterocycles. The molecule has 24 heavy (non-hydrogen) atoms. The molecule has 0 unspecified atom stereocenters. The largest absolute Gasteiger partial charge is 0.377 e. The first kappa shape index (κ1) is 16.8. The van der Waals surface area contributed by atoms with Gasteiger partial charge in [0.15, 0.2) is 5.82 Å². The van der Waals surface area contributed by atoms with E-state index < -0.39 is 0 Å². The third-order valence-electron chi connectivity index (χ3n) is 3.94. The van der Waals surface area contributed by atoms with E-state index in [2.05, 4.69) is 10.4 Å². The van der Waals surface area contributed by atoms with Crippen LogP contribution >= 0.6 is 11.6 Å². The third kappa shape index (κ3) is 3.71. The SMILES string of the molecule is Cc1cc(NC(=O)N2CCCO[C@@H](C)C2)nn1-c1ccccc1Cl. The highest BCUT2D eigenvalue weighted by atomic mass is 35.5. The average Bonchev–Trinajstić information content (AvgIpc) is 2.76. The number of carbonyl (C=O) groups excluding carboxylic acids is 1. The van der Waals surface area contributed by atoms with Crippen molar-refractivity contribution in [3.8, 4) is 5.69 Å². The Bertz CT molecular complexity index is 731. The summed E-state index contributed by atoms with van der Waals surface area (Å²) in [5, 5.41) is 7.94. The molecule has 6 nitrogen and oxygen atoms in total. The molecule has 0 bridgehead atoms. The van der Waals surface area contributed by atoms with Gasteiger partial charge in [-0.3, -0.25) is 5.32 Å². The maximum atomic E-state index is 12.5. The number of ether oxygens (including phenoxy) is 1. The molecule has 2 aromatic rings. The lowest BCUT2D eigenvalue weighted by atomic mass is 10.3. The zero-order chi connectivity index (χ0) is 17.1. The zero-order valence-corrected chi connectivity index (χ0v) is 14.6. The van der Waals surface area contributed by atoms with Crippen LogP contribution in [0.4, 0.5) is 10.6 Å². The topological polar surface area (TPSA) is 59.4 Å². The molecule has 2 amide bonds. The quantitative estimate of drug-likeness (QED) is 0.903. The van der Waals surface area contributed by atoms with E-state index in [4.69, 9.17) is 16.3 Å². The van der Waals surface area contributed by atoms with E-state index in [0.29, 0.717) is 30.5 Å². The number of para-hydroxylation sites is 1. The van der Waals surface area contributed by atoms with Gasteiger partial charge in [0.05, 0.1) is 16.8 Å². The van der Waals surface area contributed by atoms with Crippen LogP contribution in [-0.4, -0.2) is 46.5 Å². The number of hydrogen-bond donors (Lipinski definition) is 1. The molecule has 1 fully saturated rings. The maximum absolute atomic E-state index is 12.5. The molecule has 1 aromatic heterocycles. The lowest BCUT2D eigenvalue weighted by molar-refractivity contribution is 0.0718. The Kier molecular flexibility index (Phi) is 5.06. The van der Waals surface area contributed by atoms with Gasteiger partial charge >= 0.3 is 6.03 Å². The van der Waals surface area contributed by atoms with Crippen LogP contribution in [0.25, 0.3) is 5.69 Å². The van der Waals surface area contributed by atoms with Gasteiger partial charge in [-0.25, -0.2) is 9.48 Å². The van der Waals surface area contributed by atoms with E-state index in [0.717, 1.165) is 17.8 Å². The Morgan fingerprint density at radius 1 is 1.42 bits per heavy atom. The lowest BCUT2D eigenvalue weighted by Gasteiger charge is -2.21. The second-order valence-corrected chi connectivity index (χ2v) is 6.35. The monoisotopic (exact) mass is 348 g/mol. The second-order valence-electron chi connectivity index (χ2n) is 5.95. The number of aryl methyl sites for hydroxylation is 1. The average molecular weight is 349 g/mol. The number of anilines is 1. The van der Waals surface area contributed by atoms with Crippen molar-refractivity contribution in [2.75, 3.05) is 25.0 Å². The van der Waals surface area contributed by atoms with Gasteiger partial charge in [-0.1, -0.05) is 23.7 Å². The van der Waals surface area contributed by atoms with Crippen molar-refractivity contribution in [3.63, 3.8) is 0 Å². The maximum Gasteiger partial charge on any atom is 0.323 e. The van der Waals surface area contributed by atoms with Gasteiger partial charge in [-0.2, -0.15) is 0 Å². The van der Waals surface area contributed by atoms with E-state index in [-0.39, 0.29) is 12.1 Å². The number of amides is 2. The lowest BCUT2D eigenvalue weighted by Crippen LogP contribution is -2.39.